The molecule has 0 atom stereocenters. The third-order valence-corrected chi connectivity index (χ3v) is 5.08. The minimum Gasteiger partial charge on any atom is -0.484 e. The molecule has 2 rings (SSSR count). The monoisotopic (exact) mass is 362 g/mol. The molecule has 1 amide bonds. The molecular formula is C18H22N2O4S. The Morgan fingerprint density at radius 2 is 1.68 bits per heavy atom. The standard InChI is InChI=1S/C18H22N2O4S/c1-14(2)19-25(22,23)17-11-9-16(10-12-17)24-13-18(21)20(3)15-7-5-4-6-8-15/h4-12,14,19H,13H2,1-3H3. The second-order valence-electron chi connectivity index (χ2n) is 5.82. The van der Waals surface area contributed by atoms with Crippen LogP contribution in [0.4, 0.5) is 5.69 Å². The molecule has 2 aromatic carbocycles. The molecule has 0 spiro atoms. The fraction of sp³-hybridized carbons (Fsp3) is 0.278. The van der Waals surface area contributed by atoms with E-state index in [0.717, 1.165) is 5.69 Å². The number of para-hydroxylation sites is 1. The van der Waals surface area contributed by atoms with E-state index in [1.165, 1.54) is 29.2 Å². The lowest BCUT2D eigenvalue weighted by molar-refractivity contribution is -0.120. The van der Waals surface area contributed by atoms with Crippen LogP contribution >= 0.6 is 0 Å². The highest BCUT2D eigenvalue weighted by molar-refractivity contribution is 7.89. The van der Waals surface area contributed by atoms with Gasteiger partial charge >= 0.3 is 0 Å². The maximum Gasteiger partial charge on any atom is 0.264 e. The summed E-state index contributed by atoms with van der Waals surface area (Å²) >= 11 is 0. The predicted molar refractivity (Wildman–Crippen MR) is 97.2 cm³/mol. The Bertz CT molecular complexity index is 803. The van der Waals surface area contributed by atoms with Gasteiger partial charge in [0.15, 0.2) is 6.61 Å². The summed E-state index contributed by atoms with van der Waals surface area (Å²) in [5.74, 6) is 0.225. The third-order valence-electron chi connectivity index (χ3n) is 3.40. The summed E-state index contributed by atoms with van der Waals surface area (Å²) in [4.78, 5) is 13.8. The molecule has 134 valence electrons. The Hall–Kier alpha value is -2.38. The van der Waals surface area contributed by atoms with E-state index < -0.39 is 10.0 Å². The van der Waals surface area contributed by atoms with Crippen LogP contribution in [0.5, 0.6) is 5.75 Å². The first-order chi connectivity index (χ1) is 11.8. The van der Waals surface area contributed by atoms with Crippen LogP contribution in [-0.4, -0.2) is 34.0 Å². The first kappa shape index (κ1) is 19.0. The number of nitrogens with one attached hydrogen (secondary N) is 1. The number of hydrogen-bond donors (Lipinski definition) is 1. The van der Waals surface area contributed by atoms with E-state index in [1.807, 2.05) is 30.3 Å². The summed E-state index contributed by atoms with van der Waals surface area (Å²) in [6.07, 6.45) is 0. The Kier molecular flexibility index (Phi) is 6.17. The van der Waals surface area contributed by atoms with Gasteiger partial charge in [-0.2, -0.15) is 0 Å². The number of hydrogen-bond acceptors (Lipinski definition) is 4. The number of sulfonamides is 1. The summed E-state index contributed by atoms with van der Waals surface area (Å²) in [5, 5.41) is 0. The molecule has 2 aromatic rings. The van der Waals surface area contributed by atoms with E-state index in [-0.39, 0.29) is 23.5 Å². The van der Waals surface area contributed by atoms with Crippen molar-refractivity contribution in [1.82, 2.24) is 4.72 Å². The zero-order valence-corrected chi connectivity index (χ0v) is 15.3. The van der Waals surface area contributed by atoms with Gasteiger partial charge in [-0.15, -0.1) is 0 Å². The maximum absolute atomic E-state index is 12.2. The molecular weight excluding hydrogens is 340 g/mol. The predicted octanol–water partition coefficient (Wildman–Crippen LogP) is 2.42. The second-order valence-corrected chi connectivity index (χ2v) is 7.54. The Balaban J connectivity index is 1.97. The molecule has 0 radical (unpaired) electrons. The highest BCUT2D eigenvalue weighted by atomic mass is 32.2. The molecule has 0 aliphatic carbocycles. The number of likely N-dealkylation sites (N-methyl/N-ethyl adjacent to an activating group) is 1. The molecule has 6 nitrogen and oxygen atoms in total. The maximum atomic E-state index is 12.2. The number of carbonyl (C=O) groups is 1. The fourth-order valence-electron chi connectivity index (χ4n) is 2.13. The Morgan fingerprint density at radius 1 is 1.08 bits per heavy atom. The lowest BCUT2D eigenvalue weighted by Gasteiger charge is -2.17. The van der Waals surface area contributed by atoms with Crippen molar-refractivity contribution >= 4 is 21.6 Å². The van der Waals surface area contributed by atoms with Gasteiger partial charge in [0.05, 0.1) is 4.90 Å². The molecule has 0 heterocycles. The fourth-order valence-corrected chi connectivity index (χ4v) is 3.38. The van der Waals surface area contributed by atoms with E-state index in [2.05, 4.69) is 4.72 Å². The quantitative estimate of drug-likeness (QED) is 0.821. The third kappa shape index (κ3) is 5.30. The highest BCUT2D eigenvalue weighted by Gasteiger charge is 2.16. The first-order valence-electron chi connectivity index (χ1n) is 7.86. The van der Waals surface area contributed by atoms with E-state index in [0.29, 0.717) is 5.75 Å². The van der Waals surface area contributed by atoms with Crippen molar-refractivity contribution in [2.75, 3.05) is 18.6 Å². The summed E-state index contributed by atoms with van der Waals surface area (Å²) < 4.78 is 32.1. The number of anilines is 1. The van der Waals surface area contributed by atoms with Gasteiger partial charge in [-0.05, 0) is 50.2 Å². The van der Waals surface area contributed by atoms with Crippen molar-refractivity contribution in [2.45, 2.75) is 24.8 Å². The van der Waals surface area contributed by atoms with Crippen molar-refractivity contribution < 1.29 is 17.9 Å². The van der Waals surface area contributed by atoms with E-state index in [9.17, 15) is 13.2 Å². The smallest absolute Gasteiger partial charge is 0.264 e. The van der Waals surface area contributed by atoms with Crippen LogP contribution in [0.3, 0.4) is 0 Å². The van der Waals surface area contributed by atoms with Gasteiger partial charge in [0.2, 0.25) is 10.0 Å². The van der Waals surface area contributed by atoms with Gasteiger partial charge < -0.3 is 9.64 Å². The number of nitrogens with zero attached hydrogens (tertiary/aromatic N) is 1. The molecule has 0 aliphatic rings. The van der Waals surface area contributed by atoms with Gasteiger partial charge in [-0.25, -0.2) is 13.1 Å². The van der Waals surface area contributed by atoms with Crippen molar-refractivity contribution in [1.29, 1.82) is 0 Å². The van der Waals surface area contributed by atoms with Gasteiger partial charge in [-0.3, -0.25) is 4.79 Å². The van der Waals surface area contributed by atoms with Gasteiger partial charge in [-0.1, -0.05) is 18.2 Å². The molecule has 0 aromatic heterocycles. The van der Waals surface area contributed by atoms with E-state index in [1.54, 1.807) is 20.9 Å². The molecule has 25 heavy (non-hydrogen) atoms. The SMILES string of the molecule is CC(C)NS(=O)(=O)c1ccc(OCC(=O)N(C)c2ccccc2)cc1. The van der Waals surface area contributed by atoms with Crippen molar-refractivity contribution in [3.63, 3.8) is 0 Å². The van der Waals surface area contributed by atoms with Gasteiger partial charge in [0.25, 0.3) is 5.91 Å². The lowest BCUT2D eigenvalue weighted by atomic mass is 10.3. The van der Waals surface area contributed by atoms with Crippen molar-refractivity contribution in [3.05, 3.63) is 54.6 Å². The summed E-state index contributed by atoms with van der Waals surface area (Å²) in [7, 11) is -1.86. The molecule has 7 heteroatoms. The largest absolute Gasteiger partial charge is 0.484 e. The van der Waals surface area contributed by atoms with Crippen molar-refractivity contribution in [2.24, 2.45) is 0 Å². The molecule has 0 fully saturated rings. The van der Waals surface area contributed by atoms with Crippen LogP contribution in [0.15, 0.2) is 59.5 Å². The molecule has 0 bridgehead atoms. The van der Waals surface area contributed by atoms with Crippen molar-refractivity contribution in [3.8, 4) is 5.75 Å². The van der Waals surface area contributed by atoms with Crippen LogP contribution in [0.2, 0.25) is 0 Å². The summed E-state index contributed by atoms with van der Waals surface area (Å²) in [6, 6.07) is 15.0. The van der Waals surface area contributed by atoms with Crippen LogP contribution < -0.4 is 14.4 Å². The minimum absolute atomic E-state index is 0.137. The van der Waals surface area contributed by atoms with Gasteiger partial charge in [0.1, 0.15) is 5.75 Å². The topological polar surface area (TPSA) is 75.7 Å². The normalized spacial score (nSPS) is 11.4. The lowest BCUT2D eigenvalue weighted by Crippen LogP contribution is -2.31. The average molecular weight is 362 g/mol. The average Bonchev–Trinajstić information content (AvgIpc) is 2.59. The Labute approximate surface area is 148 Å². The van der Waals surface area contributed by atoms with Crippen LogP contribution in [-0.2, 0) is 14.8 Å². The zero-order chi connectivity index (χ0) is 18.4. The minimum atomic E-state index is -3.54. The van der Waals surface area contributed by atoms with Gasteiger partial charge in [0, 0.05) is 18.8 Å². The number of ether oxygens (including phenoxy) is 1. The summed E-state index contributed by atoms with van der Waals surface area (Å²) in [6.45, 7) is 3.37. The number of benzene rings is 2. The summed E-state index contributed by atoms with van der Waals surface area (Å²) in [5.41, 5.74) is 0.775. The van der Waals surface area contributed by atoms with Crippen LogP contribution in [0.25, 0.3) is 0 Å². The Morgan fingerprint density at radius 3 is 2.24 bits per heavy atom. The number of rotatable bonds is 7. The van der Waals surface area contributed by atoms with Crippen LogP contribution in [0.1, 0.15) is 13.8 Å². The first-order valence-corrected chi connectivity index (χ1v) is 9.35. The zero-order valence-electron chi connectivity index (χ0n) is 14.5. The molecule has 0 aliphatic heterocycles. The number of carbonyl (C=O) groups excluding carboxylic acids is 1. The van der Waals surface area contributed by atoms with E-state index >= 15 is 0 Å². The molecule has 1 N–H and O–H groups in total. The molecule has 0 unspecified atom stereocenters. The highest BCUT2D eigenvalue weighted by Crippen LogP contribution is 2.17. The number of amides is 1. The second kappa shape index (κ2) is 8.13. The molecule has 0 saturated heterocycles. The van der Waals surface area contributed by atoms with E-state index in [4.69, 9.17) is 4.74 Å². The molecule has 0 saturated carbocycles. The van der Waals surface area contributed by atoms with Crippen LogP contribution in [0, 0.1) is 0 Å².